The molecule has 1 heterocycles. The molecule has 4 amide bonds. The third-order valence-electron chi connectivity index (χ3n) is 4.28. The lowest BCUT2D eigenvalue weighted by atomic mass is 10.1. The van der Waals surface area contributed by atoms with E-state index < -0.39 is 17.6 Å². The molecule has 0 spiro atoms. The minimum Gasteiger partial charge on any atom is -0.274 e. The summed E-state index contributed by atoms with van der Waals surface area (Å²) in [4.78, 5) is 49.2. The number of nitrogens with one attached hydrogen (secondary N) is 2. The van der Waals surface area contributed by atoms with Gasteiger partial charge in [-0.3, -0.25) is 34.9 Å². The van der Waals surface area contributed by atoms with Crippen LogP contribution in [0, 0.1) is 5.82 Å². The molecule has 0 unspecified atom stereocenters. The molecule has 28 heavy (non-hydrogen) atoms. The fourth-order valence-electron chi connectivity index (χ4n) is 2.87. The molecule has 0 bridgehead atoms. The van der Waals surface area contributed by atoms with Crippen molar-refractivity contribution < 1.29 is 23.6 Å². The summed E-state index contributed by atoms with van der Waals surface area (Å²) in [6, 6.07) is 12.0. The zero-order valence-corrected chi connectivity index (χ0v) is 14.9. The molecule has 2 aromatic carbocycles. The van der Waals surface area contributed by atoms with Gasteiger partial charge in [-0.1, -0.05) is 24.3 Å². The van der Waals surface area contributed by atoms with Crippen LogP contribution in [0.4, 0.5) is 4.39 Å². The van der Waals surface area contributed by atoms with E-state index in [9.17, 15) is 23.6 Å². The molecule has 0 fully saturated rings. The Balaban J connectivity index is 1.39. The van der Waals surface area contributed by atoms with E-state index in [4.69, 9.17) is 0 Å². The standard InChI is InChI=1S/C20H18FN3O4/c21-14-9-7-13(8-10-14)12-18(26)23-22-17(25)6-3-11-24-19(27)15-4-1-2-5-16(15)20(24)28/h1-2,4-5,7-10H,3,6,11-12H2,(H,22,25)(H,23,26). The highest BCUT2D eigenvalue weighted by Gasteiger charge is 2.34. The van der Waals surface area contributed by atoms with E-state index in [0.717, 1.165) is 4.90 Å². The maximum atomic E-state index is 12.8. The lowest BCUT2D eigenvalue weighted by molar-refractivity contribution is -0.128. The molecule has 2 N–H and O–H groups in total. The van der Waals surface area contributed by atoms with Crippen LogP contribution in [-0.4, -0.2) is 35.1 Å². The van der Waals surface area contributed by atoms with Gasteiger partial charge >= 0.3 is 0 Å². The fourth-order valence-corrected chi connectivity index (χ4v) is 2.87. The van der Waals surface area contributed by atoms with Gasteiger partial charge in [-0.25, -0.2) is 4.39 Å². The highest BCUT2D eigenvalue weighted by atomic mass is 19.1. The Hall–Kier alpha value is -3.55. The Morgan fingerprint density at radius 1 is 0.857 bits per heavy atom. The topological polar surface area (TPSA) is 95.6 Å². The molecule has 0 aromatic heterocycles. The smallest absolute Gasteiger partial charge is 0.261 e. The Kier molecular flexibility index (Phi) is 5.78. The molecule has 0 aliphatic carbocycles. The van der Waals surface area contributed by atoms with Crippen LogP contribution >= 0.6 is 0 Å². The number of hydrogen-bond acceptors (Lipinski definition) is 4. The van der Waals surface area contributed by atoms with Gasteiger partial charge in [0, 0.05) is 13.0 Å². The van der Waals surface area contributed by atoms with Gasteiger partial charge in [0.2, 0.25) is 11.8 Å². The van der Waals surface area contributed by atoms with Crippen molar-refractivity contribution in [3.63, 3.8) is 0 Å². The van der Waals surface area contributed by atoms with Crippen LogP contribution in [-0.2, 0) is 16.0 Å². The highest BCUT2D eigenvalue weighted by molar-refractivity contribution is 6.21. The summed E-state index contributed by atoms with van der Waals surface area (Å²) in [7, 11) is 0. The Bertz CT molecular complexity index is 892. The molecule has 2 aromatic rings. The van der Waals surface area contributed by atoms with E-state index in [1.807, 2.05) is 0 Å². The average molecular weight is 383 g/mol. The number of hydrogen-bond donors (Lipinski definition) is 2. The maximum absolute atomic E-state index is 12.8. The monoisotopic (exact) mass is 383 g/mol. The van der Waals surface area contributed by atoms with Crippen molar-refractivity contribution in [2.75, 3.05) is 6.54 Å². The normalized spacial score (nSPS) is 12.7. The summed E-state index contributed by atoms with van der Waals surface area (Å²) in [6.45, 7) is 0.114. The van der Waals surface area contributed by atoms with Crippen LogP contribution in [0.2, 0.25) is 0 Å². The Morgan fingerprint density at radius 3 is 2.04 bits per heavy atom. The molecule has 0 radical (unpaired) electrons. The van der Waals surface area contributed by atoms with Crippen LogP contribution in [0.15, 0.2) is 48.5 Å². The summed E-state index contributed by atoms with van der Waals surface area (Å²) in [5, 5.41) is 0. The number of fused-ring (bicyclic) bond motifs is 1. The van der Waals surface area contributed by atoms with Crippen molar-refractivity contribution in [2.24, 2.45) is 0 Å². The Labute approximate surface area is 160 Å². The van der Waals surface area contributed by atoms with Gasteiger partial charge in [0.15, 0.2) is 0 Å². The molecule has 1 aliphatic heterocycles. The fraction of sp³-hybridized carbons (Fsp3) is 0.200. The largest absolute Gasteiger partial charge is 0.274 e. The van der Waals surface area contributed by atoms with E-state index in [-0.39, 0.29) is 37.6 Å². The van der Waals surface area contributed by atoms with E-state index >= 15 is 0 Å². The lowest BCUT2D eigenvalue weighted by Crippen LogP contribution is -2.42. The second-order valence-corrected chi connectivity index (χ2v) is 6.31. The van der Waals surface area contributed by atoms with E-state index in [0.29, 0.717) is 16.7 Å². The second kappa shape index (κ2) is 8.43. The molecule has 3 rings (SSSR count). The number of halogens is 1. The van der Waals surface area contributed by atoms with Crippen molar-refractivity contribution in [1.29, 1.82) is 0 Å². The third-order valence-corrected chi connectivity index (χ3v) is 4.28. The number of amides is 4. The first-order valence-corrected chi connectivity index (χ1v) is 8.73. The van der Waals surface area contributed by atoms with Crippen molar-refractivity contribution in [3.8, 4) is 0 Å². The first-order chi connectivity index (χ1) is 13.5. The molecular formula is C20H18FN3O4. The van der Waals surface area contributed by atoms with Gasteiger partial charge in [-0.15, -0.1) is 0 Å². The van der Waals surface area contributed by atoms with Crippen LogP contribution in [0.25, 0.3) is 0 Å². The first kappa shape index (κ1) is 19.2. The number of hydrazine groups is 1. The van der Waals surface area contributed by atoms with Crippen LogP contribution < -0.4 is 10.9 Å². The zero-order chi connectivity index (χ0) is 20.1. The van der Waals surface area contributed by atoms with Gasteiger partial charge in [0.25, 0.3) is 11.8 Å². The molecule has 0 atom stereocenters. The number of imide groups is 1. The summed E-state index contributed by atoms with van der Waals surface area (Å²) in [6.07, 6.45) is 0.297. The maximum Gasteiger partial charge on any atom is 0.261 e. The van der Waals surface area contributed by atoms with Crippen LogP contribution in [0.5, 0.6) is 0 Å². The van der Waals surface area contributed by atoms with Gasteiger partial charge in [-0.2, -0.15) is 0 Å². The number of benzene rings is 2. The van der Waals surface area contributed by atoms with Crippen LogP contribution in [0.3, 0.4) is 0 Å². The SMILES string of the molecule is O=C(CCCN1C(=O)c2ccccc2C1=O)NNC(=O)Cc1ccc(F)cc1. The number of rotatable bonds is 6. The summed E-state index contributed by atoms with van der Waals surface area (Å²) >= 11 is 0. The number of nitrogens with zero attached hydrogens (tertiary/aromatic N) is 1. The zero-order valence-electron chi connectivity index (χ0n) is 14.9. The van der Waals surface area contributed by atoms with Gasteiger partial charge < -0.3 is 0 Å². The second-order valence-electron chi connectivity index (χ2n) is 6.31. The third kappa shape index (κ3) is 4.40. The van der Waals surface area contributed by atoms with E-state index in [1.54, 1.807) is 24.3 Å². The molecule has 144 valence electrons. The minimum absolute atomic E-state index is 0.00437. The highest BCUT2D eigenvalue weighted by Crippen LogP contribution is 2.22. The lowest BCUT2D eigenvalue weighted by Gasteiger charge is -2.13. The first-order valence-electron chi connectivity index (χ1n) is 8.73. The van der Waals surface area contributed by atoms with Gasteiger partial charge in [0.1, 0.15) is 5.82 Å². The quantitative estimate of drug-likeness (QED) is 0.585. The molecule has 1 aliphatic rings. The predicted molar refractivity (Wildman–Crippen MR) is 97.4 cm³/mol. The molecule has 7 nitrogen and oxygen atoms in total. The van der Waals surface area contributed by atoms with Gasteiger partial charge in [0.05, 0.1) is 17.5 Å². The number of carbonyl (C=O) groups excluding carboxylic acids is 4. The van der Waals surface area contributed by atoms with Crippen molar-refractivity contribution >= 4 is 23.6 Å². The van der Waals surface area contributed by atoms with Crippen molar-refractivity contribution in [3.05, 3.63) is 71.0 Å². The average Bonchev–Trinajstić information content (AvgIpc) is 2.93. The van der Waals surface area contributed by atoms with E-state index in [2.05, 4.69) is 10.9 Å². The van der Waals surface area contributed by atoms with E-state index in [1.165, 1.54) is 24.3 Å². The molecular weight excluding hydrogens is 365 g/mol. The van der Waals surface area contributed by atoms with Crippen LogP contribution in [0.1, 0.15) is 39.1 Å². The Morgan fingerprint density at radius 2 is 1.43 bits per heavy atom. The minimum atomic E-state index is -0.444. The molecule has 8 heteroatoms. The molecule has 0 saturated heterocycles. The van der Waals surface area contributed by atoms with Gasteiger partial charge in [-0.05, 0) is 36.2 Å². The summed E-state index contributed by atoms with van der Waals surface area (Å²) in [5.41, 5.74) is 5.90. The summed E-state index contributed by atoms with van der Waals surface area (Å²) in [5.74, 6) is -2.01. The van der Waals surface area contributed by atoms with Crippen molar-refractivity contribution in [2.45, 2.75) is 19.3 Å². The molecule has 0 saturated carbocycles. The predicted octanol–water partition coefficient (Wildman–Crippen LogP) is 1.59. The number of carbonyl (C=O) groups is 4. The summed E-state index contributed by atoms with van der Waals surface area (Å²) < 4.78 is 12.8. The van der Waals surface area contributed by atoms with Crippen molar-refractivity contribution in [1.82, 2.24) is 15.8 Å².